The van der Waals surface area contributed by atoms with Crippen LogP contribution in [0.25, 0.3) is 21.8 Å². The number of nitrogen functional groups attached to an aromatic ring is 1. The Morgan fingerprint density at radius 3 is 2.43 bits per heavy atom. The van der Waals surface area contributed by atoms with Crippen molar-refractivity contribution in [2.75, 3.05) is 12.3 Å². The highest BCUT2D eigenvalue weighted by molar-refractivity contribution is 7.13. The standard InChI is InChI=1S/C19H20N2OS/c1-3-13-5-7-14(8-6-13)17-12-23-19(21-17)15-9-10-18(22-4-2)16(20)11-15/h5-12H,3-4,20H2,1-2H3. The molecule has 0 spiro atoms. The Balaban J connectivity index is 1.87. The van der Waals surface area contributed by atoms with Gasteiger partial charge in [-0.2, -0.15) is 0 Å². The van der Waals surface area contributed by atoms with Crippen molar-refractivity contribution >= 4 is 17.0 Å². The van der Waals surface area contributed by atoms with Crippen LogP contribution in [0.1, 0.15) is 19.4 Å². The molecule has 0 fully saturated rings. The van der Waals surface area contributed by atoms with Gasteiger partial charge in [-0.15, -0.1) is 11.3 Å². The maximum atomic E-state index is 6.05. The maximum Gasteiger partial charge on any atom is 0.142 e. The van der Waals surface area contributed by atoms with E-state index in [1.165, 1.54) is 5.56 Å². The second-order valence-electron chi connectivity index (χ2n) is 5.27. The highest BCUT2D eigenvalue weighted by atomic mass is 32.1. The Kier molecular flexibility index (Phi) is 4.63. The van der Waals surface area contributed by atoms with Crippen molar-refractivity contribution in [1.82, 2.24) is 4.98 Å². The summed E-state index contributed by atoms with van der Waals surface area (Å²) in [4.78, 5) is 4.75. The van der Waals surface area contributed by atoms with E-state index >= 15 is 0 Å². The summed E-state index contributed by atoms with van der Waals surface area (Å²) in [5.74, 6) is 0.725. The van der Waals surface area contributed by atoms with E-state index in [9.17, 15) is 0 Å². The molecule has 0 bridgehead atoms. The van der Waals surface area contributed by atoms with E-state index in [4.69, 9.17) is 15.5 Å². The molecule has 0 aliphatic heterocycles. The molecule has 0 aliphatic rings. The van der Waals surface area contributed by atoms with Gasteiger partial charge in [0, 0.05) is 16.5 Å². The Morgan fingerprint density at radius 1 is 1.04 bits per heavy atom. The van der Waals surface area contributed by atoms with Gasteiger partial charge in [-0.25, -0.2) is 4.98 Å². The number of thiazole rings is 1. The molecule has 1 aromatic heterocycles. The molecular formula is C19H20N2OS. The smallest absolute Gasteiger partial charge is 0.142 e. The Hall–Kier alpha value is -2.33. The van der Waals surface area contributed by atoms with Gasteiger partial charge >= 0.3 is 0 Å². The van der Waals surface area contributed by atoms with Crippen LogP contribution in [0.4, 0.5) is 5.69 Å². The van der Waals surface area contributed by atoms with Gasteiger partial charge < -0.3 is 10.5 Å². The van der Waals surface area contributed by atoms with E-state index in [1.54, 1.807) is 11.3 Å². The Bertz CT molecular complexity index is 793. The minimum Gasteiger partial charge on any atom is -0.492 e. The van der Waals surface area contributed by atoms with E-state index in [-0.39, 0.29) is 0 Å². The maximum absolute atomic E-state index is 6.05. The zero-order chi connectivity index (χ0) is 16.2. The Labute approximate surface area is 140 Å². The molecule has 3 aromatic rings. The molecule has 0 radical (unpaired) electrons. The van der Waals surface area contributed by atoms with Crippen molar-refractivity contribution in [3.63, 3.8) is 0 Å². The van der Waals surface area contributed by atoms with Crippen molar-refractivity contribution in [2.45, 2.75) is 20.3 Å². The van der Waals surface area contributed by atoms with E-state index in [2.05, 4.69) is 36.6 Å². The zero-order valence-corrected chi connectivity index (χ0v) is 14.2. The lowest BCUT2D eigenvalue weighted by atomic mass is 10.1. The summed E-state index contributed by atoms with van der Waals surface area (Å²) in [6.45, 7) is 4.72. The molecule has 0 saturated heterocycles. The predicted octanol–water partition coefficient (Wildman–Crippen LogP) is 5.02. The van der Waals surface area contributed by atoms with Crippen LogP contribution in [0.5, 0.6) is 5.75 Å². The van der Waals surface area contributed by atoms with Crippen LogP contribution in [-0.2, 0) is 6.42 Å². The van der Waals surface area contributed by atoms with Gasteiger partial charge in [0.2, 0.25) is 0 Å². The largest absolute Gasteiger partial charge is 0.492 e. The molecule has 118 valence electrons. The third kappa shape index (κ3) is 3.37. The number of nitrogens with two attached hydrogens (primary N) is 1. The van der Waals surface area contributed by atoms with Gasteiger partial charge in [-0.05, 0) is 37.1 Å². The predicted molar refractivity (Wildman–Crippen MR) is 97.9 cm³/mol. The molecule has 2 N–H and O–H groups in total. The quantitative estimate of drug-likeness (QED) is 0.670. The van der Waals surface area contributed by atoms with Crippen LogP contribution in [-0.4, -0.2) is 11.6 Å². The highest BCUT2D eigenvalue weighted by Gasteiger charge is 2.09. The fourth-order valence-corrected chi connectivity index (χ4v) is 3.24. The zero-order valence-electron chi connectivity index (χ0n) is 13.4. The third-order valence-electron chi connectivity index (χ3n) is 3.72. The van der Waals surface area contributed by atoms with Gasteiger partial charge in [0.05, 0.1) is 18.0 Å². The average Bonchev–Trinajstić information content (AvgIpc) is 3.07. The van der Waals surface area contributed by atoms with Gasteiger partial charge in [0.1, 0.15) is 10.8 Å². The summed E-state index contributed by atoms with van der Waals surface area (Å²) < 4.78 is 5.48. The van der Waals surface area contributed by atoms with Gasteiger partial charge in [0.25, 0.3) is 0 Å². The second-order valence-corrected chi connectivity index (χ2v) is 6.13. The van der Waals surface area contributed by atoms with Gasteiger partial charge in [0.15, 0.2) is 0 Å². The first kappa shape index (κ1) is 15.6. The molecule has 0 atom stereocenters. The first-order chi connectivity index (χ1) is 11.2. The topological polar surface area (TPSA) is 48.1 Å². The summed E-state index contributed by atoms with van der Waals surface area (Å²) in [6, 6.07) is 14.4. The summed E-state index contributed by atoms with van der Waals surface area (Å²) in [5, 5.41) is 3.05. The number of hydrogen-bond donors (Lipinski definition) is 1. The molecule has 0 unspecified atom stereocenters. The van der Waals surface area contributed by atoms with Crippen LogP contribution in [0.15, 0.2) is 47.8 Å². The number of anilines is 1. The molecule has 0 aliphatic carbocycles. The molecule has 3 nitrogen and oxygen atoms in total. The molecule has 4 heteroatoms. The van der Waals surface area contributed by atoms with Crippen molar-refractivity contribution < 1.29 is 4.74 Å². The molecule has 0 amide bonds. The minimum atomic E-state index is 0.610. The number of rotatable bonds is 5. The molecule has 3 rings (SSSR count). The molecule has 2 aromatic carbocycles. The number of nitrogens with zero attached hydrogens (tertiary/aromatic N) is 1. The van der Waals surface area contributed by atoms with Crippen LogP contribution in [0, 0.1) is 0 Å². The van der Waals surface area contributed by atoms with Crippen molar-refractivity contribution in [3.05, 3.63) is 53.4 Å². The third-order valence-corrected chi connectivity index (χ3v) is 4.61. The highest BCUT2D eigenvalue weighted by Crippen LogP contribution is 2.32. The Morgan fingerprint density at radius 2 is 1.78 bits per heavy atom. The van der Waals surface area contributed by atoms with E-state index in [0.717, 1.165) is 34.0 Å². The van der Waals surface area contributed by atoms with E-state index < -0.39 is 0 Å². The summed E-state index contributed by atoms with van der Waals surface area (Å²) in [6.07, 6.45) is 1.05. The van der Waals surface area contributed by atoms with Gasteiger partial charge in [-0.1, -0.05) is 31.2 Å². The second kappa shape index (κ2) is 6.84. The van der Waals surface area contributed by atoms with Gasteiger partial charge in [-0.3, -0.25) is 0 Å². The number of benzene rings is 2. The molecule has 23 heavy (non-hydrogen) atoms. The minimum absolute atomic E-state index is 0.610. The molecular weight excluding hydrogens is 304 g/mol. The number of ether oxygens (including phenoxy) is 1. The number of hydrogen-bond acceptors (Lipinski definition) is 4. The van der Waals surface area contributed by atoms with E-state index in [1.807, 2.05) is 25.1 Å². The van der Waals surface area contributed by atoms with E-state index in [0.29, 0.717) is 12.3 Å². The lowest BCUT2D eigenvalue weighted by molar-refractivity contribution is 0.342. The lowest BCUT2D eigenvalue weighted by Crippen LogP contribution is -1.96. The fraction of sp³-hybridized carbons (Fsp3) is 0.211. The summed E-state index contributed by atoms with van der Waals surface area (Å²) >= 11 is 1.63. The first-order valence-corrected chi connectivity index (χ1v) is 8.66. The number of aryl methyl sites for hydroxylation is 1. The normalized spacial score (nSPS) is 10.7. The number of aromatic nitrogens is 1. The SMILES string of the molecule is CCOc1ccc(-c2nc(-c3ccc(CC)cc3)cs2)cc1N. The fourth-order valence-electron chi connectivity index (χ4n) is 2.42. The van der Waals surface area contributed by atoms with Crippen molar-refractivity contribution in [1.29, 1.82) is 0 Å². The van der Waals surface area contributed by atoms with Crippen molar-refractivity contribution in [3.8, 4) is 27.6 Å². The van der Waals surface area contributed by atoms with Crippen LogP contribution in [0.3, 0.4) is 0 Å². The first-order valence-electron chi connectivity index (χ1n) is 7.78. The lowest BCUT2D eigenvalue weighted by Gasteiger charge is -2.07. The summed E-state index contributed by atoms with van der Waals surface area (Å²) in [5.41, 5.74) is 11.2. The average molecular weight is 324 g/mol. The monoisotopic (exact) mass is 324 g/mol. The van der Waals surface area contributed by atoms with Crippen LogP contribution in [0.2, 0.25) is 0 Å². The molecule has 1 heterocycles. The summed E-state index contributed by atoms with van der Waals surface area (Å²) in [7, 11) is 0. The van der Waals surface area contributed by atoms with Crippen molar-refractivity contribution in [2.24, 2.45) is 0 Å². The van der Waals surface area contributed by atoms with Crippen LogP contribution < -0.4 is 10.5 Å². The molecule has 0 saturated carbocycles. The van der Waals surface area contributed by atoms with Crippen LogP contribution >= 0.6 is 11.3 Å².